The zero-order chi connectivity index (χ0) is 13.8. The van der Waals surface area contributed by atoms with Crippen LogP contribution in [0.25, 0.3) is 11.3 Å². The number of nitrogen functional groups attached to an aromatic ring is 1. The van der Waals surface area contributed by atoms with E-state index in [0.717, 1.165) is 5.56 Å². The summed E-state index contributed by atoms with van der Waals surface area (Å²) < 4.78 is 0. The lowest BCUT2D eigenvalue weighted by Gasteiger charge is -2.04. The fraction of sp³-hybridized carbons (Fsp3) is 0.154. The van der Waals surface area contributed by atoms with Crippen LogP contribution in [0.5, 0.6) is 0 Å². The number of nitrogens with one attached hydrogen (secondary N) is 2. The first-order chi connectivity index (χ1) is 9.15. The molecule has 0 aliphatic heterocycles. The summed E-state index contributed by atoms with van der Waals surface area (Å²) in [5, 5.41) is 9.26. The zero-order valence-electron chi connectivity index (χ0n) is 10.4. The van der Waals surface area contributed by atoms with Crippen molar-refractivity contribution in [2.75, 3.05) is 11.1 Å². The normalized spacial score (nSPS) is 10.2. The van der Waals surface area contributed by atoms with E-state index in [-0.39, 0.29) is 11.7 Å². The number of anilines is 2. The molecule has 0 atom stereocenters. The molecule has 2 rings (SSSR count). The monoisotopic (exact) mass is 258 g/mol. The third-order valence-electron chi connectivity index (χ3n) is 2.73. The van der Waals surface area contributed by atoms with Gasteiger partial charge in [0, 0.05) is 17.7 Å². The van der Waals surface area contributed by atoms with Gasteiger partial charge < -0.3 is 11.1 Å². The van der Waals surface area contributed by atoms with Crippen molar-refractivity contribution in [3.63, 3.8) is 0 Å². The molecule has 98 valence electrons. The van der Waals surface area contributed by atoms with Crippen molar-refractivity contribution < 1.29 is 9.59 Å². The number of rotatable bonds is 4. The van der Waals surface area contributed by atoms with Crippen molar-refractivity contribution >= 4 is 23.7 Å². The highest BCUT2D eigenvalue weighted by molar-refractivity contribution is 5.93. The Labute approximate surface area is 110 Å². The van der Waals surface area contributed by atoms with E-state index in [4.69, 9.17) is 5.73 Å². The molecule has 6 heteroatoms. The first kappa shape index (κ1) is 12.8. The number of aromatic amines is 1. The minimum absolute atomic E-state index is 0.0490. The number of aromatic nitrogens is 2. The molecule has 0 fully saturated rings. The number of hydrogen-bond donors (Lipinski definition) is 3. The molecule has 0 aliphatic rings. The van der Waals surface area contributed by atoms with Crippen molar-refractivity contribution in [3.8, 4) is 11.3 Å². The number of H-pyrrole nitrogens is 1. The quantitative estimate of drug-likeness (QED) is 0.728. The molecule has 19 heavy (non-hydrogen) atoms. The fourth-order valence-electron chi connectivity index (χ4n) is 1.67. The van der Waals surface area contributed by atoms with Crippen LogP contribution in [0.15, 0.2) is 24.3 Å². The second kappa shape index (κ2) is 5.34. The Hall–Kier alpha value is -2.63. The molecule has 0 spiro atoms. The van der Waals surface area contributed by atoms with Gasteiger partial charge in [0.05, 0.1) is 11.3 Å². The van der Waals surface area contributed by atoms with Gasteiger partial charge >= 0.3 is 0 Å². The predicted molar refractivity (Wildman–Crippen MR) is 72.7 cm³/mol. The average Bonchev–Trinajstić information content (AvgIpc) is 2.80. The summed E-state index contributed by atoms with van der Waals surface area (Å²) >= 11 is 0. The van der Waals surface area contributed by atoms with Crippen molar-refractivity contribution in [3.05, 3.63) is 29.8 Å². The summed E-state index contributed by atoms with van der Waals surface area (Å²) in [5.74, 6) is 0.125. The Bertz CT molecular complexity index is 602. The number of amides is 1. The van der Waals surface area contributed by atoms with Crippen LogP contribution in [0.3, 0.4) is 0 Å². The van der Waals surface area contributed by atoms with Crippen LogP contribution in [0.4, 0.5) is 11.5 Å². The summed E-state index contributed by atoms with van der Waals surface area (Å²) in [6, 6.07) is 7.08. The summed E-state index contributed by atoms with van der Waals surface area (Å²) in [5.41, 5.74) is 7.96. The SMILES string of the molecule is CCC(=O)Nc1ccc(-c2[nH]nc(N)c2C=O)cc1. The molecule has 0 saturated heterocycles. The summed E-state index contributed by atoms with van der Waals surface area (Å²) in [4.78, 5) is 22.2. The standard InChI is InChI=1S/C13H14N4O2/c1-2-11(19)15-9-5-3-8(4-6-9)12-10(7-18)13(14)17-16-12/h3-7H,2H2,1H3,(H,15,19)(H3,14,16,17). The van der Waals surface area contributed by atoms with E-state index in [9.17, 15) is 9.59 Å². The molecule has 0 saturated carbocycles. The lowest BCUT2D eigenvalue weighted by Crippen LogP contribution is -2.09. The largest absolute Gasteiger partial charge is 0.382 e. The average molecular weight is 258 g/mol. The van der Waals surface area contributed by atoms with Crippen molar-refractivity contribution in [1.29, 1.82) is 0 Å². The van der Waals surface area contributed by atoms with Crippen molar-refractivity contribution in [1.82, 2.24) is 10.2 Å². The van der Waals surface area contributed by atoms with Gasteiger partial charge in [-0.25, -0.2) is 0 Å². The number of benzene rings is 1. The van der Waals surface area contributed by atoms with Crippen LogP contribution in [0, 0.1) is 0 Å². The maximum absolute atomic E-state index is 11.2. The molecule has 0 aliphatic carbocycles. The van der Waals surface area contributed by atoms with Crippen LogP contribution >= 0.6 is 0 Å². The van der Waals surface area contributed by atoms with Gasteiger partial charge in [-0.15, -0.1) is 0 Å². The summed E-state index contributed by atoms with van der Waals surface area (Å²) in [6.45, 7) is 1.79. The number of nitrogens with zero attached hydrogens (tertiary/aromatic N) is 1. The Morgan fingerprint density at radius 3 is 2.68 bits per heavy atom. The van der Waals surface area contributed by atoms with Gasteiger partial charge in [-0.3, -0.25) is 14.7 Å². The molecular weight excluding hydrogens is 244 g/mol. The van der Waals surface area contributed by atoms with E-state index in [1.807, 2.05) is 0 Å². The molecule has 2 aromatic rings. The number of aldehydes is 1. The van der Waals surface area contributed by atoms with Crippen molar-refractivity contribution in [2.24, 2.45) is 0 Å². The van der Waals surface area contributed by atoms with Gasteiger partial charge in [0.1, 0.15) is 0 Å². The molecule has 0 bridgehead atoms. The second-order valence-electron chi connectivity index (χ2n) is 3.99. The summed E-state index contributed by atoms with van der Waals surface area (Å²) in [6.07, 6.45) is 1.09. The van der Waals surface area contributed by atoms with E-state index in [0.29, 0.717) is 29.7 Å². The lowest BCUT2D eigenvalue weighted by atomic mass is 10.1. The first-order valence-electron chi connectivity index (χ1n) is 5.85. The highest BCUT2D eigenvalue weighted by Crippen LogP contribution is 2.25. The molecule has 6 nitrogen and oxygen atoms in total. The molecule has 1 aromatic heterocycles. The van der Waals surface area contributed by atoms with Crippen LogP contribution < -0.4 is 11.1 Å². The van der Waals surface area contributed by atoms with E-state index >= 15 is 0 Å². The predicted octanol–water partition coefficient (Wildman–Crippen LogP) is 1.82. The molecule has 4 N–H and O–H groups in total. The highest BCUT2D eigenvalue weighted by atomic mass is 16.1. The number of carbonyl (C=O) groups is 2. The molecular formula is C13H14N4O2. The van der Waals surface area contributed by atoms with E-state index in [1.165, 1.54) is 0 Å². The molecule has 0 radical (unpaired) electrons. The van der Waals surface area contributed by atoms with Gasteiger partial charge in [-0.2, -0.15) is 5.10 Å². The second-order valence-corrected chi connectivity index (χ2v) is 3.99. The topological polar surface area (TPSA) is 101 Å². The first-order valence-corrected chi connectivity index (χ1v) is 5.85. The van der Waals surface area contributed by atoms with Crippen LogP contribution in [-0.2, 0) is 4.79 Å². The maximum atomic E-state index is 11.2. The zero-order valence-corrected chi connectivity index (χ0v) is 10.4. The lowest BCUT2D eigenvalue weighted by molar-refractivity contribution is -0.115. The number of nitrogens with two attached hydrogens (primary N) is 1. The van der Waals surface area contributed by atoms with Gasteiger partial charge in [-0.1, -0.05) is 19.1 Å². The Morgan fingerprint density at radius 1 is 1.42 bits per heavy atom. The minimum atomic E-state index is -0.0490. The molecule has 1 heterocycles. The highest BCUT2D eigenvalue weighted by Gasteiger charge is 2.11. The third kappa shape index (κ3) is 2.62. The Kier molecular flexibility index (Phi) is 3.61. The molecule has 0 unspecified atom stereocenters. The van der Waals surface area contributed by atoms with Crippen LogP contribution in [-0.4, -0.2) is 22.4 Å². The van der Waals surface area contributed by atoms with E-state index in [2.05, 4.69) is 15.5 Å². The van der Waals surface area contributed by atoms with E-state index in [1.54, 1.807) is 31.2 Å². The fourth-order valence-corrected chi connectivity index (χ4v) is 1.67. The summed E-state index contributed by atoms with van der Waals surface area (Å²) in [7, 11) is 0. The van der Waals surface area contributed by atoms with Gasteiger partial charge in [0.15, 0.2) is 12.1 Å². The molecule has 1 aromatic carbocycles. The minimum Gasteiger partial charge on any atom is -0.382 e. The molecule has 1 amide bonds. The smallest absolute Gasteiger partial charge is 0.224 e. The Morgan fingerprint density at radius 2 is 2.11 bits per heavy atom. The van der Waals surface area contributed by atoms with Crippen LogP contribution in [0.1, 0.15) is 23.7 Å². The maximum Gasteiger partial charge on any atom is 0.224 e. The van der Waals surface area contributed by atoms with Gasteiger partial charge in [0.2, 0.25) is 5.91 Å². The van der Waals surface area contributed by atoms with Crippen LogP contribution in [0.2, 0.25) is 0 Å². The van der Waals surface area contributed by atoms with Crippen molar-refractivity contribution in [2.45, 2.75) is 13.3 Å². The Balaban J connectivity index is 2.27. The van der Waals surface area contributed by atoms with Gasteiger partial charge in [0.25, 0.3) is 0 Å². The number of hydrogen-bond acceptors (Lipinski definition) is 4. The van der Waals surface area contributed by atoms with Gasteiger partial charge in [-0.05, 0) is 12.1 Å². The van der Waals surface area contributed by atoms with E-state index < -0.39 is 0 Å². The number of carbonyl (C=O) groups excluding carboxylic acids is 2. The third-order valence-corrected chi connectivity index (χ3v) is 2.73.